The fourth-order valence-electron chi connectivity index (χ4n) is 1.60. The molecule has 0 aliphatic carbocycles. The first-order valence-electron chi connectivity index (χ1n) is 5.65. The Morgan fingerprint density at radius 3 is 2.75 bits per heavy atom. The third-order valence-corrected chi connectivity index (χ3v) is 2.59. The van der Waals surface area contributed by atoms with Crippen LogP contribution >= 0.6 is 0 Å². The number of hydrogen-bond donors (Lipinski definition) is 1. The molecule has 0 atom stereocenters. The summed E-state index contributed by atoms with van der Waals surface area (Å²) in [5.74, 6) is -0.857. The number of aromatic nitrogens is 1. The monoisotopic (exact) mass is 275 g/mol. The number of carbonyl (C=O) groups excluding carboxylic acids is 1. The van der Waals surface area contributed by atoms with Crippen molar-refractivity contribution < 1.29 is 14.1 Å². The Labute approximate surface area is 113 Å². The molecule has 6 nitrogen and oxygen atoms in total. The van der Waals surface area contributed by atoms with Gasteiger partial charge in [0, 0.05) is 11.6 Å². The summed E-state index contributed by atoms with van der Waals surface area (Å²) in [5, 5.41) is 13.1. The molecule has 1 N–H and O–H groups in total. The Morgan fingerprint density at radius 1 is 1.40 bits per heavy atom. The van der Waals surface area contributed by atoms with Gasteiger partial charge in [-0.1, -0.05) is 6.07 Å². The Kier molecular flexibility index (Phi) is 3.69. The molecule has 1 aromatic heterocycles. The Morgan fingerprint density at radius 2 is 2.15 bits per heavy atom. The zero-order chi connectivity index (χ0) is 14.7. The van der Waals surface area contributed by atoms with Crippen molar-refractivity contribution in [2.24, 2.45) is 0 Å². The van der Waals surface area contributed by atoms with Gasteiger partial charge in [0.1, 0.15) is 17.8 Å². The Balaban J connectivity index is 2.22. The second kappa shape index (κ2) is 5.43. The lowest BCUT2D eigenvalue weighted by atomic mass is 10.2. The molecule has 102 valence electrons. The van der Waals surface area contributed by atoms with Crippen molar-refractivity contribution >= 4 is 17.4 Å². The second-order valence-corrected chi connectivity index (χ2v) is 4.08. The first kappa shape index (κ1) is 13.6. The number of hydrogen-bond acceptors (Lipinski definition) is 4. The van der Waals surface area contributed by atoms with Gasteiger partial charge in [0.2, 0.25) is 0 Å². The van der Waals surface area contributed by atoms with Crippen molar-refractivity contribution in [3.05, 3.63) is 63.6 Å². The van der Waals surface area contributed by atoms with Gasteiger partial charge in [-0.15, -0.1) is 0 Å². The van der Waals surface area contributed by atoms with Crippen LogP contribution in [0, 0.1) is 22.9 Å². The molecular weight excluding hydrogens is 265 g/mol. The minimum absolute atomic E-state index is 0.143. The first-order chi connectivity index (χ1) is 9.47. The summed E-state index contributed by atoms with van der Waals surface area (Å²) in [6.45, 7) is 1.58. The highest BCUT2D eigenvalue weighted by atomic mass is 19.1. The molecular formula is C13H10FN3O3. The van der Waals surface area contributed by atoms with E-state index in [1.165, 1.54) is 24.3 Å². The average molecular weight is 275 g/mol. The van der Waals surface area contributed by atoms with Crippen molar-refractivity contribution in [2.45, 2.75) is 6.92 Å². The van der Waals surface area contributed by atoms with Crippen LogP contribution in [0.4, 0.5) is 15.9 Å². The van der Waals surface area contributed by atoms with Gasteiger partial charge in [0.25, 0.3) is 11.6 Å². The van der Waals surface area contributed by atoms with Crippen molar-refractivity contribution in [3.8, 4) is 0 Å². The number of benzene rings is 1. The zero-order valence-corrected chi connectivity index (χ0v) is 10.5. The predicted octanol–water partition coefficient (Wildman–Crippen LogP) is 2.69. The molecule has 0 aliphatic rings. The van der Waals surface area contributed by atoms with E-state index in [2.05, 4.69) is 10.3 Å². The molecule has 0 fully saturated rings. The second-order valence-electron chi connectivity index (χ2n) is 4.08. The molecule has 2 rings (SSSR count). The number of nitrogens with zero attached hydrogens (tertiary/aromatic N) is 2. The summed E-state index contributed by atoms with van der Waals surface area (Å²) in [6, 6.07) is 6.50. The topological polar surface area (TPSA) is 85.1 Å². The molecule has 20 heavy (non-hydrogen) atoms. The quantitative estimate of drug-likeness (QED) is 0.689. The molecule has 0 saturated carbocycles. The molecule has 0 bridgehead atoms. The van der Waals surface area contributed by atoms with E-state index in [-0.39, 0.29) is 17.1 Å². The van der Waals surface area contributed by atoms with Crippen LogP contribution in [0.15, 0.2) is 36.5 Å². The van der Waals surface area contributed by atoms with Gasteiger partial charge in [-0.25, -0.2) is 9.37 Å². The minimum atomic E-state index is -0.571. The number of aryl methyl sites for hydroxylation is 1. The van der Waals surface area contributed by atoms with Crippen LogP contribution in [-0.2, 0) is 0 Å². The molecule has 7 heteroatoms. The Hall–Kier alpha value is -2.83. The molecule has 0 saturated heterocycles. The lowest BCUT2D eigenvalue weighted by Crippen LogP contribution is -2.14. The summed E-state index contributed by atoms with van der Waals surface area (Å²) < 4.78 is 13.0. The molecule has 0 radical (unpaired) electrons. The summed E-state index contributed by atoms with van der Waals surface area (Å²) in [4.78, 5) is 25.7. The molecule has 1 aromatic carbocycles. The fourth-order valence-corrected chi connectivity index (χ4v) is 1.60. The van der Waals surface area contributed by atoms with Gasteiger partial charge in [-0.3, -0.25) is 14.9 Å². The van der Waals surface area contributed by atoms with Gasteiger partial charge in [-0.2, -0.15) is 0 Å². The van der Waals surface area contributed by atoms with Gasteiger partial charge < -0.3 is 5.32 Å². The molecule has 1 heterocycles. The van der Waals surface area contributed by atoms with Crippen molar-refractivity contribution in [1.29, 1.82) is 0 Å². The Bertz CT molecular complexity index is 688. The summed E-state index contributed by atoms with van der Waals surface area (Å²) >= 11 is 0. The summed E-state index contributed by atoms with van der Waals surface area (Å²) in [7, 11) is 0. The van der Waals surface area contributed by atoms with Crippen LogP contribution in [0.25, 0.3) is 0 Å². The number of carbonyl (C=O) groups is 1. The maximum absolute atomic E-state index is 13.0. The molecule has 0 aliphatic heterocycles. The van der Waals surface area contributed by atoms with E-state index in [0.717, 1.165) is 12.3 Å². The van der Waals surface area contributed by atoms with Crippen molar-refractivity contribution in [1.82, 2.24) is 4.98 Å². The number of amides is 1. The number of pyridine rings is 1. The van der Waals surface area contributed by atoms with E-state index in [1.807, 2.05) is 0 Å². The number of nitrogens with one attached hydrogen (secondary N) is 1. The number of rotatable bonds is 3. The third-order valence-electron chi connectivity index (χ3n) is 2.59. The van der Waals surface area contributed by atoms with Crippen molar-refractivity contribution in [3.63, 3.8) is 0 Å². The highest BCUT2D eigenvalue weighted by Crippen LogP contribution is 2.18. The van der Waals surface area contributed by atoms with Gasteiger partial charge in [0.15, 0.2) is 0 Å². The van der Waals surface area contributed by atoms with Crippen LogP contribution in [0.1, 0.15) is 15.9 Å². The zero-order valence-electron chi connectivity index (χ0n) is 10.5. The van der Waals surface area contributed by atoms with Gasteiger partial charge in [0.05, 0.1) is 4.92 Å². The van der Waals surface area contributed by atoms with Crippen LogP contribution in [0.5, 0.6) is 0 Å². The number of nitro groups is 1. The van der Waals surface area contributed by atoms with E-state index in [0.29, 0.717) is 5.56 Å². The standard InChI is InChI=1S/C13H10FN3O3/c1-8-5-11(17(19)20)7-15-12(8)16-13(18)9-3-2-4-10(14)6-9/h2-7H,1H3,(H,15,16,18). The van der Waals surface area contributed by atoms with E-state index >= 15 is 0 Å². The fraction of sp³-hybridized carbons (Fsp3) is 0.0769. The van der Waals surface area contributed by atoms with E-state index < -0.39 is 16.6 Å². The largest absolute Gasteiger partial charge is 0.306 e. The summed E-state index contributed by atoms with van der Waals surface area (Å²) in [6.07, 6.45) is 1.05. The maximum atomic E-state index is 13.0. The van der Waals surface area contributed by atoms with Gasteiger partial charge in [-0.05, 0) is 30.7 Å². The average Bonchev–Trinajstić information content (AvgIpc) is 2.40. The maximum Gasteiger partial charge on any atom is 0.287 e. The number of halogens is 1. The normalized spacial score (nSPS) is 10.1. The van der Waals surface area contributed by atoms with Gasteiger partial charge >= 0.3 is 0 Å². The number of anilines is 1. The lowest BCUT2D eigenvalue weighted by Gasteiger charge is -2.07. The third kappa shape index (κ3) is 2.94. The van der Waals surface area contributed by atoms with Crippen LogP contribution < -0.4 is 5.32 Å². The van der Waals surface area contributed by atoms with Crippen LogP contribution in [-0.4, -0.2) is 15.8 Å². The first-order valence-corrected chi connectivity index (χ1v) is 5.65. The van der Waals surface area contributed by atoms with E-state index in [9.17, 15) is 19.3 Å². The highest BCUT2D eigenvalue weighted by Gasteiger charge is 2.13. The van der Waals surface area contributed by atoms with Crippen LogP contribution in [0.2, 0.25) is 0 Å². The minimum Gasteiger partial charge on any atom is -0.306 e. The van der Waals surface area contributed by atoms with E-state index in [1.54, 1.807) is 6.92 Å². The predicted molar refractivity (Wildman–Crippen MR) is 70.0 cm³/mol. The van der Waals surface area contributed by atoms with Crippen LogP contribution in [0.3, 0.4) is 0 Å². The molecule has 1 amide bonds. The lowest BCUT2D eigenvalue weighted by molar-refractivity contribution is -0.385. The highest BCUT2D eigenvalue weighted by molar-refractivity contribution is 6.04. The van der Waals surface area contributed by atoms with E-state index in [4.69, 9.17) is 0 Å². The molecule has 0 unspecified atom stereocenters. The summed E-state index contributed by atoms with van der Waals surface area (Å²) in [5.41, 5.74) is 0.430. The SMILES string of the molecule is Cc1cc([N+](=O)[O-])cnc1NC(=O)c1cccc(F)c1. The molecule has 2 aromatic rings. The van der Waals surface area contributed by atoms with Crippen molar-refractivity contribution in [2.75, 3.05) is 5.32 Å². The smallest absolute Gasteiger partial charge is 0.287 e. The molecule has 0 spiro atoms.